The second-order valence-electron chi connectivity index (χ2n) is 15.5. The summed E-state index contributed by atoms with van der Waals surface area (Å²) >= 11 is 0. The van der Waals surface area contributed by atoms with Crippen LogP contribution in [0.15, 0.2) is 122 Å². The Morgan fingerprint density at radius 1 is 0.702 bits per heavy atom. The Balaban J connectivity index is 0.000000161. The van der Waals surface area contributed by atoms with Gasteiger partial charge in [-0.15, -0.1) is 0 Å². The number of likely N-dealkylation sites (tertiary alicyclic amines) is 2. The summed E-state index contributed by atoms with van der Waals surface area (Å²) < 4.78 is 6.70. The highest BCUT2D eigenvalue weighted by Gasteiger charge is 2.27. The molecule has 3 N–H and O–H groups in total. The van der Waals surface area contributed by atoms with Crippen LogP contribution in [0.1, 0.15) is 77.9 Å². The van der Waals surface area contributed by atoms with E-state index in [0.717, 1.165) is 113 Å². The molecule has 5 heterocycles. The van der Waals surface area contributed by atoms with Gasteiger partial charge in [0.2, 0.25) is 0 Å². The Morgan fingerprint density at radius 2 is 1.32 bits per heavy atom. The summed E-state index contributed by atoms with van der Waals surface area (Å²) in [6, 6.07) is 37.1. The molecule has 0 bridgehead atoms. The summed E-state index contributed by atoms with van der Waals surface area (Å²) in [5, 5.41) is 3.80. The number of hydrogen-bond donors (Lipinski definition) is 3. The van der Waals surface area contributed by atoms with Crippen LogP contribution >= 0.6 is 0 Å². The van der Waals surface area contributed by atoms with Gasteiger partial charge in [-0.25, -0.2) is 9.97 Å². The van der Waals surface area contributed by atoms with Crippen LogP contribution in [0, 0.1) is 0 Å². The smallest absolute Gasteiger partial charge is 0.159 e. The number of H-pyrrole nitrogens is 2. The van der Waals surface area contributed by atoms with Crippen molar-refractivity contribution >= 4 is 27.9 Å². The predicted octanol–water partition coefficient (Wildman–Crippen LogP) is 8.36. The molecule has 0 spiro atoms. The number of benzene rings is 4. The molecule has 4 aromatic carbocycles. The number of hydrogen-bond acceptors (Lipinski definition) is 8. The van der Waals surface area contributed by atoms with Crippen LogP contribution in [0.2, 0.25) is 0 Å². The molecule has 2 saturated heterocycles. The van der Waals surface area contributed by atoms with Crippen molar-refractivity contribution in [1.82, 2.24) is 40.0 Å². The van der Waals surface area contributed by atoms with Gasteiger partial charge in [-0.3, -0.25) is 9.78 Å². The number of rotatable bonds is 10. The molecule has 3 aromatic heterocycles. The lowest BCUT2D eigenvalue weighted by Gasteiger charge is -2.32. The molecule has 10 heteroatoms. The molecule has 0 aliphatic carbocycles. The van der Waals surface area contributed by atoms with Gasteiger partial charge >= 0.3 is 0 Å². The highest BCUT2D eigenvalue weighted by molar-refractivity contribution is 5.94. The van der Waals surface area contributed by atoms with E-state index in [1.165, 1.54) is 0 Å². The van der Waals surface area contributed by atoms with Crippen molar-refractivity contribution in [2.45, 2.75) is 56.9 Å². The summed E-state index contributed by atoms with van der Waals surface area (Å²) in [5.74, 6) is 1.84. The molecule has 2 unspecified atom stereocenters. The van der Waals surface area contributed by atoms with Crippen LogP contribution in [-0.2, 0) is 4.74 Å². The molecule has 292 valence electrons. The lowest BCUT2D eigenvalue weighted by Crippen LogP contribution is -2.42. The fourth-order valence-corrected chi connectivity index (χ4v) is 7.92. The molecule has 2 fully saturated rings. The first-order valence-electron chi connectivity index (χ1n) is 20.2. The van der Waals surface area contributed by atoms with Crippen molar-refractivity contribution in [3.8, 4) is 11.1 Å². The number of ketones is 1. The van der Waals surface area contributed by atoms with Gasteiger partial charge in [0.1, 0.15) is 17.8 Å². The van der Waals surface area contributed by atoms with Gasteiger partial charge in [0.15, 0.2) is 5.78 Å². The molecule has 9 rings (SSSR count). The number of aromatic amines is 2. The van der Waals surface area contributed by atoms with E-state index in [4.69, 9.17) is 14.7 Å². The van der Waals surface area contributed by atoms with E-state index in [1.54, 1.807) is 13.1 Å². The zero-order valence-corrected chi connectivity index (χ0v) is 33.1. The van der Waals surface area contributed by atoms with E-state index in [0.29, 0.717) is 6.04 Å². The highest BCUT2D eigenvalue weighted by atomic mass is 16.5. The van der Waals surface area contributed by atoms with Crippen molar-refractivity contribution in [3.63, 3.8) is 0 Å². The maximum absolute atomic E-state index is 11.9. The van der Waals surface area contributed by atoms with Crippen LogP contribution in [0.25, 0.3) is 33.2 Å². The van der Waals surface area contributed by atoms with E-state index in [1.807, 2.05) is 72.9 Å². The fourth-order valence-electron chi connectivity index (χ4n) is 7.92. The Bertz CT molecular complexity index is 2330. The fraction of sp³-hybridized carbons (Fsp3) is 0.319. The third-order valence-corrected chi connectivity index (χ3v) is 11.3. The first kappa shape index (κ1) is 38.4. The number of ether oxygens (including phenoxy) is 1. The van der Waals surface area contributed by atoms with Gasteiger partial charge in [-0.2, -0.15) is 0 Å². The molecular weight excluding hydrogens is 709 g/mol. The highest BCUT2D eigenvalue weighted by Crippen LogP contribution is 2.32. The number of pyridine rings is 1. The molecular formula is C47H52N8O2. The number of carbonyl (C=O) groups excluding carboxylic acids is 1. The minimum Gasteiger partial charge on any atom is -0.362 e. The minimum absolute atomic E-state index is 0.0647. The van der Waals surface area contributed by atoms with Gasteiger partial charge in [-0.1, -0.05) is 66.7 Å². The number of Topliss-reactive ketones (excluding diaryl/α,β-unsaturated/α-hetero) is 1. The summed E-state index contributed by atoms with van der Waals surface area (Å²) in [6.45, 7) is 5.93. The Morgan fingerprint density at radius 3 is 1.98 bits per heavy atom. The van der Waals surface area contributed by atoms with E-state index in [2.05, 4.69) is 86.6 Å². The van der Waals surface area contributed by atoms with Gasteiger partial charge in [0, 0.05) is 37.1 Å². The SMILES string of the molecule is CC(=O)c1cccc(C(NC2CCN(C)CC2)c2nc3ccccc3[nH]2)c1.CN1CCC(OC(c2cccc(-c3cccnc3)c2)c2nc3ccccc3[nH]2)CC1. The van der Waals surface area contributed by atoms with E-state index in [-0.39, 0.29) is 24.0 Å². The number of imidazole rings is 2. The molecule has 0 saturated carbocycles. The first-order valence-corrected chi connectivity index (χ1v) is 20.2. The van der Waals surface area contributed by atoms with Gasteiger partial charge in [0.25, 0.3) is 0 Å². The summed E-state index contributed by atoms with van der Waals surface area (Å²) in [7, 11) is 4.34. The predicted molar refractivity (Wildman–Crippen MR) is 227 cm³/mol. The normalized spacial score (nSPS) is 17.0. The van der Waals surface area contributed by atoms with Crippen molar-refractivity contribution < 1.29 is 9.53 Å². The van der Waals surface area contributed by atoms with Gasteiger partial charge in [-0.05, 0) is 125 Å². The molecule has 2 aliphatic heterocycles. The summed E-state index contributed by atoms with van der Waals surface area (Å²) in [6.07, 6.45) is 7.98. The second kappa shape index (κ2) is 17.7. The molecule has 2 aliphatic rings. The van der Waals surface area contributed by atoms with Crippen LogP contribution < -0.4 is 5.32 Å². The molecule has 7 aromatic rings. The minimum atomic E-state index is -0.234. The third-order valence-electron chi connectivity index (χ3n) is 11.3. The monoisotopic (exact) mass is 760 g/mol. The number of fused-ring (bicyclic) bond motifs is 2. The Labute approximate surface area is 334 Å². The van der Waals surface area contributed by atoms with Crippen LogP contribution in [0.3, 0.4) is 0 Å². The molecule has 2 atom stereocenters. The van der Waals surface area contributed by atoms with Crippen LogP contribution in [-0.4, -0.2) is 92.9 Å². The molecule has 57 heavy (non-hydrogen) atoms. The first-order chi connectivity index (χ1) is 27.9. The van der Waals surface area contributed by atoms with Gasteiger partial charge in [0.05, 0.1) is 34.2 Å². The zero-order chi connectivity index (χ0) is 39.1. The summed E-state index contributed by atoms with van der Waals surface area (Å²) in [5.41, 5.74) is 9.14. The van der Waals surface area contributed by atoms with Crippen molar-refractivity contribution in [3.05, 3.63) is 150 Å². The second-order valence-corrected chi connectivity index (χ2v) is 15.5. The molecule has 10 nitrogen and oxygen atoms in total. The number of para-hydroxylation sites is 4. The number of piperidine rings is 2. The number of nitrogens with one attached hydrogen (secondary N) is 3. The van der Waals surface area contributed by atoms with E-state index < -0.39 is 0 Å². The Kier molecular flexibility index (Phi) is 11.9. The van der Waals surface area contributed by atoms with Crippen molar-refractivity contribution in [2.24, 2.45) is 0 Å². The number of carbonyl (C=O) groups is 1. The van der Waals surface area contributed by atoms with E-state index in [9.17, 15) is 4.79 Å². The average Bonchev–Trinajstić information content (AvgIpc) is 3.89. The largest absolute Gasteiger partial charge is 0.362 e. The van der Waals surface area contributed by atoms with Crippen molar-refractivity contribution in [2.75, 3.05) is 40.3 Å². The maximum Gasteiger partial charge on any atom is 0.159 e. The topological polar surface area (TPSA) is 115 Å². The van der Waals surface area contributed by atoms with Crippen LogP contribution in [0.4, 0.5) is 0 Å². The molecule has 0 amide bonds. The zero-order valence-electron chi connectivity index (χ0n) is 33.1. The number of aromatic nitrogens is 5. The third kappa shape index (κ3) is 9.38. The lowest BCUT2D eigenvalue weighted by molar-refractivity contribution is -0.0264. The van der Waals surface area contributed by atoms with Gasteiger partial charge < -0.3 is 29.8 Å². The quantitative estimate of drug-likeness (QED) is 0.119. The number of nitrogens with zero attached hydrogens (tertiary/aromatic N) is 5. The lowest BCUT2D eigenvalue weighted by atomic mass is 9.98. The van der Waals surface area contributed by atoms with Crippen molar-refractivity contribution in [1.29, 1.82) is 0 Å². The average molecular weight is 761 g/mol. The van der Waals surface area contributed by atoms with E-state index >= 15 is 0 Å². The maximum atomic E-state index is 11.9. The molecule has 0 radical (unpaired) electrons. The summed E-state index contributed by atoms with van der Waals surface area (Å²) in [4.78, 5) is 37.5. The standard InChI is InChI=1S/C25H26N4O.C22H26N4O/c1-29-14-11-21(12-15-29)30-24(25-27-22-9-2-3-10-23(22)28-25)19-7-4-6-18(16-19)20-8-5-13-26-17-20;1-15(27)16-6-5-7-17(14-16)21(23-18-10-12-26(2)13-11-18)22-24-19-8-3-4-9-20(19)25-22/h2-10,13,16-17,21,24H,11-12,14-15H2,1H3,(H,27,28);3-9,14,18,21,23H,10-13H2,1-2H3,(H,24,25). The Hall–Kier alpha value is -5.52. The van der Waals surface area contributed by atoms with Crippen LogP contribution in [0.5, 0.6) is 0 Å².